The van der Waals surface area contributed by atoms with Gasteiger partial charge < -0.3 is 10.6 Å². The Morgan fingerprint density at radius 1 is 1.36 bits per heavy atom. The van der Waals surface area contributed by atoms with Gasteiger partial charge in [0, 0.05) is 48.7 Å². The van der Waals surface area contributed by atoms with E-state index < -0.39 is 0 Å². The molecule has 0 aromatic carbocycles. The summed E-state index contributed by atoms with van der Waals surface area (Å²) in [5.74, 6) is 1.98. The largest absolute Gasteiger partial charge is 0.370 e. The summed E-state index contributed by atoms with van der Waals surface area (Å²) >= 11 is 0. The maximum Gasteiger partial charge on any atom is 0.217 e. The topological polar surface area (TPSA) is 85.0 Å². The summed E-state index contributed by atoms with van der Waals surface area (Å²) in [5.41, 5.74) is 8.33. The fourth-order valence-corrected chi connectivity index (χ4v) is 3.39. The highest BCUT2D eigenvalue weighted by Crippen LogP contribution is 2.29. The zero-order valence-corrected chi connectivity index (χ0v) is 14.9. The van der Waals surface area contributed by atoms with Crippen molar-refractivity contribution in [2.24, 2.45) is 11.7 Å². The average molecular weight is 339 g/mol. The first-order chi connectivity index (χ1) is 12.0. The molecule has 1 fully saturated rings. The molecule has 0 saturated carbocycles. The van der Waals surface area contributed by atoms with Gasteiger partial charge in [-0.3, -0.25) is 9.78 Å². The average Bonchev–Trinajstić information content (AvgIpc) is 2.63. The van der Waals surface area contributed by atoms with E-state index in [1.807, 2.05) is 19.1 Å². The molecule has 6 heteroatoms. The van der Waals surface area contributed by atoms with Crippen LogP contribution in [0.2, 0.25) is 0 Å². The Bertz CT molecular complexity index is 747. The normalized spacial score (nSPS) is 17.5. The van der Waals surface area contributed by atoms with Gasteiger partial charge in [-0.15, -0.1) is 0 Å². The SMILES string of the molecule is Cc1nc(-c2cccnc2)nc(N2CCCC(CCC(N)=O)C2)c1C. The smallest absolute Gasteiger partial charge is 0.217 e. The van der Waals surface area contributed by atoms with E-state index in [-0.39, 0.29) is 5.91 Å². The van der Waals surface area contributed by atoms with Crippen LogP contribution in [0.4, 0.5) is 5.82 Å². The molecule has 0 aliphatic carbocycles. The van der Waals surface area contributed by atoms with Crippen LogP contribution in [0.25, 0.3) is 11.4 Å². The fraction of sp³-hybridized carbons (Fsp3) is 0.474. The number of nitrogens with two attached hydrogens (primary N) is 1. The Morgan fingerprint density at radius 2 is 2.20 bits per heavy atom. The number of rotatable bonds is 5. The highest BCUT2D eigenvalue weighted by Gasteiger charge is 2.23. The molecule has 0 bridgehead atoms. The van der Waals surface area contributed by atoms with Crippen LogP contribution in [0.15, 0.2) is 24.5 Å². The van der Waals surface area contributed by atoms with E-state index >= 15 is 0 Å². The van der Waals surface area contributed by atoms with Gasteiger partial charge in [-0.1, -0.05) is 0 Å². The van der Waals surface area contributed by atoms with Gasteiger partial charge in [-0.05, 0) is 51.2 Å². The Balaban J connectivity index is 1.85. The van der Waals surface area contributed by atoms with Crippen molar-refractivity contribution in [1.82, 2.24) is 15.0 Å². The van der Waals surface area contributed by atoms with E-state index in [0.29, 0.717) is 18.2 Å². The zero-order valence-electron chi connectivity index (χ0n) is 14.9. The van der Waals surface area contributed by atoms with Crippen LogP contribution >= 0.6 is 0 Å². The number of aromatic nitrogens is 3. The third kappa shape index (κ3) is 4.13. The van der Waals surface area contributed by atoms with Crippen LogP contribution in [0.5, 0.6) is 0 Å². The second-order valence-corrected chi connectivity index (χ2v) is 6.78. The molecule has 1 amide bonds. The van der Waals surface area contributed by atoms with Crippen molar-refractivity contribution in [3.8, 4) is 11.4 Å². The highest BCUT2D eigenvalue weighted by atomic mass is 16.1. The number of nitrogens with zero attached hydrogens (tertiary/aromatic N) is 4. The molecule has 25 heavy (non-hydrogen) atoms. The third-order valence-electron chi connectivity index (χ3n) is 4.90. The molecule has 2 aromatic heterocycles. The summed E-state index contributed by atoms with van der Waals surface area (Å²) in [7, 11) is 0. The lowest BCUT2D eigenvalue weighted by molar-refractivity contribution is -0.118. The van der Waals surface area contributed by atoms with Crippen LogP contribution in [0.1, 0.15) is 36.9 Å². The highest BCUT2D eigenvalue weighted by molar-refractivity contribution is 5.73. The molecule has 0 spiro atoms. The van der Waals surface area contributed by atoms with Gasteiger partial charge in [0.05, 0.1) is 0 Å². The number of hydrogen-bond donors (Lipinski definition) is 1. The standard InChI is InChI=1S/C19H25N5O/c1-13-14(2)22-18(16-6-3-9-21-11-16)23-19(13)24-10-4-5-15(12-24)7-8-17(20)25/h3,6,9,11,15H,4-5,7-8,10,12H2,1-2H3,(H2,20,25). The molecule has 3 rings (SSSR count). The van der Waals surface area contributed by atoms with Crippen LogP contribution in [0.3, 0.4) is 0 Å². The van der Waals surface area contributed by atoms with Crippen molar-refractivity contribution >= 4 is 11.7 Å². The van der Waals surface area contributed by atoms with Gasteiger partial charge in [0.1, 0.15) is 5.82 Å². The predicted octanol–water partition coefficient (Wildman–Crippen LogP) is 2.64. The Kier molecular flexibility index (Phi) is 5.26. The summed E-state index contributed by atoms with van der Waals surface area (Å²) in [6.07, 6.45) is 7.10. The number of aryl methyl sites for hydroxylation is 1. The van der Waals surface area contributed by atoms with E-state index in [9.17, 15) is 4.79 Å². The summed E-state index contributed by atoms with van der Waals surface area (Å²) in [5, 5.41) is 0. The number of pyridine rings is 1. The van der Waals surface area contributed by atoms with E-state index in [1.165, 1.54) is 0 Å². The fourth-order valence-electron chi connectivity index (χ4n) is 3.39. The number of hydrogen-bond acceptors (Lipinski definition) is 5. The minimum absolute atomic E-state index is 0.218. The minimum Gasteiger partial charge on any atom is -0.370 e. The first-order valence-corrected chi connectivity index (χ1v) is 8.83. The van der Waals surface area contributed by atoms with Crippen molar-refractivity contribution in [2.45, 2.75) is 39.5 Å². The van der Waals surface area contributed by atoms with E-state index in [2.05, 4.69) is 21.8 Å². The Morgan fingerprint density at radius 3 is 2.92 bits per heavy atom. The maximum absolute atomic E-state index is 11.1. The molecule has 1 unspecified atom stereocenters. The van der Waals surface area contributed by atoms with E-state index in [0.717, 1.165) is 55.0 Å². The Hall–Kier alpha value is -2.50. The number of amides is 1. The molecule has 2 aromatic rings. The van der Waals surface area contributed by atoms with Gasteiger partial charge in [0.15, 0.2) is 5.82 Å². The van der Waals surface area contributed by atoms with Crippen LogP contribution in [0, 0.1) is 19.8 Å². The first kappa shape index (κ1) is 17.3. The molecular weight excluding hydrogens is 314 g/mol. The first-order valence-electron chi connectivity index (χ1n) is 8.83. The van der Waals surface area contributed by atoms with Gasteiger partial charge in [0.2, 0.25) is 5.91 Å². The number of piperidine rings is 1. The van der Waals surface area contributed by atoms with Crippen molar-refractivity contribution in [2.75, 3.05) is 18.0 Å². The van der Waals surface area contributed by atoms with Gasteiger partial charge in [-0.25, -0.2) is 9.97 Å². The number of primary amides is 1. The molecule has 1 aliphatic rings. The molecule has 0 radical (unpaired) electrons. The third-order valence-corrected chi connectivity index (χ3v) is 4.90. The molecular formula is C19H25N5O. The van der Waals surface area contributed by atoms with Crippen molar-refractivity contribution < 1.29 is 4.79 Å². The van der Waals surface area contributed by atoms with Crippen LogP contribution in [-0.4, -0.2) is 33.9 Å². The molecule has 3 heterocycles. The lowest BCUT2D eigenvalue weighted by Crippen LogP contribution is -2.37. The van der Waals surface area contributed by atoms with Gasteiger partial charge in [-0.2, -0.15) is 0 Å². The molecule has 1 aliphatic heterocycles. The maximum atomic E-state index is 11.1. The summed E-state index contributed by atoms with van der Waals surface area (Å²) in [6.45, 7) is 5.99. The van der Waals surface area contributed by atoms with Crippen LogP contribution in [-0.2, 0) is 4.79 Å². The second-order valence-electron chi connectivity index (χ2n) is 6.78. The quantitative estimate of drug-likeness (QED) is 0.905. The molecule has 132 valence electrons. The predicted molar refractivity (Wildman–Crippen MR) is 98.1 cm³/mol. The summed E-state index contributed by atoms with van der Waals surface area (Å²) in [6, 6.07) is 3.88. The summed E-state index contributed by atoms with van der Waals surface area (Å²) in [4.78, 5) is 27.1. The molecule has 1 saturated heterocycles. The number of anilines is 1. The lowest BCUT2D eigenvalue weighted by atomic mass is 9.93. The Labute approximate surface area is 148 Å². The van der Waals surface area contributed by atoms with Gasteiger partial charge in [0.25, 0.3) is 0 Å². The van der Waals surface area contributed by atoms with Crippen LogP contribution < -0.4 is 10.6 Å². The summed E-state index contributed by atoms with van der Waals surface area (Å²) < 4.78 is 0. The number of carbonyl (C=O) groups is 1. The van der Waals surface area contributed by atoms with E-state index in [1.54, 1.807) is 12.4 Å². The van der Waals surface area contributed by atoms with Crippen molar-refractivity contribution in [3.63, 3.8) is 0 Å². The van der Waals surface area contributed by atoms with Crippen molar-refractivity contribution in [3.05, 3.63) is 35.8 Å². The van der Waals surface area contributed by atoms with Gasteiger partial charge >= 0.3 is 0 Å². The zero-order chi connectivity index (χ0) is 17.8. The molecule has 6 nitrogen and oxygen atoms in total. The molecule has 2 N–H and O–H groups in total. The molecule has 1 atom stereocenters. The lowest BCUT2D eigenvalue weighted by Gasteiger charge is -2.34. The minimum atomic E-state index is -0.218. The monoisotopic (exact) mass is 339 g/mol. The van der Waals surface area contributed by atoms with E-state index in [4.69, 9.17) is 10.7 Å². The van der Waals surface area contributed by atoms with Crippen molar-refractivity contribution in [1.29, 1.82) is 0 Å². The number of carbonyl (C=O) groups excluding carboxylic acids is 1. The second kappa shape index (κ2) is 7.59.